The van der Waals surface area contributed by atoms with Crippen LogP contribution in [-0.4, -0.2) is 68.1 Å². The molecule has 4 aliphatic rings. The number of imide groups is 2. The van der Waals surface area contributed by atoms with E-state index >= 15 is 0 Å². The summed E-state index contributed by atoms with van der Waals surface area (Å²) in [5, 5.41) is 19.4. The number of aliphatic carboxylic acids is 1. The fourth-order valence-electron chi connectivity index (χ4n) is 7.36. The van der Waals surface area contributed by atoms with Gasteiger partial charge in [0.15, 0.2) is 21.2 Å². The highest BCUT2D eigenvalue weighted by molar-refractivity contribution is 6.58. The lowest BCUT2D eigenvalue weighted by Gasteiger charge is -2.50. The Labute approximate surface area is 271 Å². The maximum atomic E-state index is 14.4. The van der Waals surface area contributed by atoms with Crippen LogP contribution in [0.5, 0.6) is 11.5 Å². The predicted molar refractivity (Wildman–Crippen MR) is 160 cm³/mol. The first-order valence-corrected chi connectivity index (χ1v) is 15.2. The number of hydrogen-bond acceptors (Lipinski definition) is 7. The zero-order valence-corrected chi connectivity index (χ0v) is 25.9. The molecule has 14 heteroatoms. The Kier molecular flexibility index (Phi) is 7.65. The topological polar surface area (TPSA) is 142 Å². The molecule has 2 N–H and O–H groups in total. The molecule has 2 aromatic carbocycles. The van der Waals surface area contributed by atoms with Gasteiger partial charge < -0.3 is 14.9 Å². The Balaban J connectivity index is 1.51. The number of phenolic OH excluding ortho intramolecular Hbond substituents is 1. The molecule has 2 aliphatic heterocycles. The van der Waals surface area contributed by atoms with E-state index in [1.165, 1.54) is 31.4 Å². The molecule has 0 aromatic heterocycles. The number of amides is 4. The van der Waals surface area contributed by atoms with Crippen LogP contribution in [0.4, 0.5) is 10.1 Å². The number of hydrogen-bond donors (Lipinski definition) is 2. The number of ether oxygens (including phenoxy) is 1. The van der Waals surface area contributed by atoms with Crippen molar-refractivity contribution >= 4 is 70.1 Å². The monoisotopic (exact) mass is 678 g/mol. The van der Waals surface area contributed by atoms with Gasteiger partial charge in [-0.1, -0.05) is 23.3 Å². The second-order valence-corrected chi connectivity index (χ2v) is 13.3. The quantitative estimate of drug-likeness (QED) is 0.245. The second-order valence-electron chi connectivity index (χ2n) is 11.6. The molecule has 45 heavy (non-hydrogen) atoms. The Hall–Kier alpha value is -3.67. The number of carboxylic acid groups (broad SMARTS) is 1. The van der Waals surface area contributed by atoms with Crippen molar-refractivity contribution < 1.29 is 43.3 Å². The zero-order chi connectivity index (χ0) is 32.6. The highest BCUT2D eigenvalue weighted by Crippen LogP contribution is 2.66. The van der Waals surface area contributed by atoms with Crippen molar-refractivity contribution in [3.05, 3.63) is 64.5 Å². The van der Waals surface area contributed by atoms with Crippen LogP contribution >= 0.6 is 34.8 Å². The third-order valence-corrected chi connectivity index (χ3v) is 11.1. The van der Waals surface area contributed by atoms with Crippen LogP contribution in [0.2, 0.25) is 5.02 Å². The molecule has 2 aromatic rings. The number of rotatable bonds is 7. The van der Waals surface area contributed by atoms with Crippen LogP contribution in [0, 0.1) is 23.6 Å². The maximum absolute atomic E-state index is 14.4. The van der Waals surface area contributed by atoms with Crippen molar-refractivity contribution in [2.75, 3.05) is 18.6 Å². The Bertz CT molecular complexity index is 1700. The van der Waals surface area contributed by atoms with Crippen molar-refractivity contribution in [1.82, 2.24) is 4.90 Å². The molecule has 1 saturated carbocycles. The number of alkyl halides is 2. The standard InChI is InChI=1S/C31H26Cl3FN2O8/c1-45-21-12-14(11-20(32)25(21)40)24-17-8-9-18-23(27(42)36(26(18)41)10-2-3-22(38)39)19(17)13-30(33)28(43)37(29(44)31(24,30)34)16-6-4-15(35)5-7-16/h4-8,11-12,18-19,23-24,40H,2-3,9-10,13H2,1H3,(H,38,39)/t18-,19+,23-,24-,30+,31-/m0/s1. The molecule has 2 heterocycles. The number of nitrogens with zero attached hydrogens (tertiary/aromatic N) is 2. The van der Waals surface area contributed by atoms with Crippen LogP contribution in [0.15, 0.2) is 48.0 Å². The molecule has 6 atom stereocenters. The van der Waals surface area contributed by atoms with Gasteiger partial charge in [0.05, 0.1) is 29.7 Å². The molecule has 3 fully saturated rings. The van der Waals surface area contributed by atoms with Gasteiger partial charge in [0.1, 0.15) is 5.82 Å². The van der Waals surface area contributed by atoms with Crippen LogP contribution in [0.3, 0.4) is 0 Å². The summed E-state index contributed by atoms with van der Waals surface area (Å²) in [6, 6.07) is 7.44. The van der Waals surface area contributed by atoms with E-state index in [1.807, 2.05) is 0 Å². The fraction of sp³-hybridized carbons (Fsp3) is 0.387. The lowest BCUT2D eigenvalue weighted by molar-refractivity contribution is -0.142. The molecular formula is C31H26Cl3FN2O8. The van der Waals surface area contributed by atoms with Crippen molar-refractivity contribution in [2.45, 2.75) is 41.3 Å². The average Bonchev–Trinajstić information content (AvgIpc) is 3.32. The van der Waals surface area contributed by atoms with Crippen molar-refractivity contribution in [1.29, 1.82) is 0 Å². The number of aromatic hydroxyl groups is 1. The summed E-state index contributed by atoms with van der Waals surface area (Å²) in [7, 11) is 1.30. The Morgan fingerprint density at radius 1 is 1.07 bits per heavy atom. The molecule has 0 spiro atoms. The number of halogens is 4. The largest absolute Gasteiger partial charge is 0.503 e. The van der Waals surface area contributed by atoms with Crippen molar-refractivity contribution in [3.63, 3.8) is 0 Å². The molecule has 4 amide bonds. The van der Waals surface area contributed by atoms with E-state index in [9.17, 15) is 33.5 Å². The van der Waals surface area contributed by atoms with E-state index in [-0.39, 0.29) is 60.0 Å². The van der Waals surface area contributed by atoms with Crippen LogP contribution in [-0.2, 0) is 24.0 Å². The number of carboxylic acids is 1. The van der Waals surface area contributed by atoms with Crippen LogP contribution < -0.4 is 9.64 Å². The number of allylic oxidation sites excluding steroid dienone is 2. The number of benzene rings is 2. The number of anilines is 1. The maximum Gasteiger partial charge on any atom is 0.303 e. The Morgan fingerprint density at radius 2 is 1.76 bits per heavy atom. The van der Waals surface area contributed by atoms with E-state index < -0.39 is 68.8 Å². The van der Waals surface area contributed by atoms with Gasteiger partial charge in [-0.05, 0) is 67.1 Å². The molecule has 10 nitrogen and oxygen atoms in total. The molecule has 236 valence electrons. The summed E-state index contributed by atoms with van der Waals surface area (Å²) in [6.45, 7) is -0.0888. The molecular weight excluding hydrogens is 654 g/mol. The van der Waals surface area contributed by atoms with E-state index in [0.29, 0.717) is 5.57 Å². The van der Waals surface area contributed by atoms with E-state index in [4.69, 9.17) is 44.6 Å². The number of phenols is 1. The molecule has 6 rings (SSSR count). The lowest BCUT2D eigenvalue weighted by Crippen LogP contribution is -2.60. The van der Waals surface area contributed by atoms with Crippen molar-refractivity contribution in [2.24, 2.45) is 17.8 Å². The third kappa shape index (κ3) is 4.45. The van der Waals surface area contributed by atoms with E-state index in [2.05, 4.69) is 0 Å². The highest BCUT2D eigenvalue weighted by Gasteiger charge is 2.76. The molecule has 2 saturated heterocycles. The first kappa shape index (κ1) is 31.3. The summed E-state index contributed by atoms with van der Waals surface area (Å²) in [5.74, 6) is -8.59. The van der Waals surface area contributed by atoms with Crippen LogP contribution in [0.25, 0.3) is 0 Å². The number of likely N-dealkylation sites (tertiary alicyclic amines) is 1. The number of methoxy groups -OCH3 is 1. The van der Waals surface area contributed by atoms with Gasteiger partial charge in [-0.15, -0.1) is 23.2 Å². The van der Waals surface area contributed by atoms with Gasteiger partial charge in [0.2, 0.25) is 11.8 Å². The minimum absolute atomic E-state index is 0.0347. The summed E-state index contributed by atoms with van der Waals surface area (Å²) in [4.78, 5) is 64.5. The van der Waals surface area contributed by atoms with Gasteiger partial charge in [0.25, 0.3) is 11.8 Å². The number of fused-ring (bicyclic) bond motifs is 4. The summed E-state index contributed by atoms with van der Waals surface area (Å²) in [6.07, 6.45) is 1.39. The smallest absolute Gasteiger partial charge is 0.303 e. The van der Waals surface area contributed by atoms with E-state index in [1.54, 1.807) is 6.08 Å². The van der Waals surface area contributed by atoms with Gasteiger partial charge in [-0.25, -0.2) is 9.29 Å². The number of carbonyl (C=O) groups excluding carboxylic acids is 4. The van der Waals surface area contributed by atoms with Gasteiger partial charge >= 0.3 is 5.97 Å². The fourth-order valence-corrected chi connectivity index (χ4v) is 8.52. The summed E-state index contributed by atoms with van der Waals surface area (Å²) in [5.41, 5.74) is 0.788. The molecule has 0 unspecified atom stereocenters. The SMILES string of the molecule is COc1cc([C@H]2C3=CC[C@@H]4C(=O)N(CCCC(=O)O)C(=O)[C@@H]4[C@@H]3C[C@@]3(Cl)C(=O)N(c4ccc(F)cc4)C(=O)[C@@]23Cl)cc(Cl)c1O. The minimum Gasteiger partial charge on any atom is -0.503 e. The second kappa shape index (κ2) is 11.0. The van der Waals surface area contributed by atoms with Gasteiger partial charge in [-0.2, -0.15) is 0 Å². The predicted octanol–water partition coefficient (Wildman–Crippen LogP) is 4.62. The average molecular weight is 680 g/mol. The van der Waals surface area contributed by atoms with Gasteiger partial charge in [0, 0.05) is 18.9 Å². The Morgan fingerprint density at radius 3 is 2.40 bits per heavy atom. The lowest BCUT2D eigenvalue weighted by atomic mass is 9.56. The zero-order valence-electron chi connectivity index (χ0n) is 23.6. The highest BCUT2D eigenvalue weighted by atomic mass is 35.5. The normalized spacial score (nSPS) is 30.6. The first-order chi connectivity index (χ1) is 21.3. The summed E-state index contributed by atoms with van der Waals surface area (Å²) >= 11 is 21.0. The number of carbonyl (C=O) groups is 5. The van der Waals surface area contributed by atoms with Crippen molar-refractivity contribution in [3.8, 4) is 11.5 Å². The van der Waals surface area contributed by atoms with Gasteiger partial charge in [-0.3, -0.25) is 28.9 Å². The summed E-state index contributed by atoms with van der Waals surface area (Å²) < 4.78 is 19.1. The van der Waals surface area contributed by atoms with E-state index in [0.717, 1.165) is 21.9 Å². The molecule has 0 bridgehead atoms. The minimum atomic E-state index is -2.19. The first-order valence-electron chi connectivity index (χ1n) is 14.1. The molecule has 2 aliphatic carbocycles. The third-order valence-electron chi connectivity index (χ3n) is 9.36. The molecule has 0 radical (unpaired) electrons. The van der Waals surface area contributed by atoms with Crippen LogP contribution in [0.1, 0.15) is 37.2 Å².